The van der Waals surface area contributed by atoms with Gasteiger partial charge in [0, 0.05) is 48.4 Å². The van der Waals surface area contributed by atoms with Gasteiger partial charge in [0.05, 0.1) is 11.4 Å². The first kappa shape index (κ1) is 23.1. The summed E-state index contributed by atoms with van der Waals surface area (Å²) < 4.78 is 6.75. The van der Waals surface area contributed by atoms with E-state index in [1.807, 2.05) is 41.9 Å². The normalized spacial score (nSPS) is 14.8. The average Bonchev–Trinajstić information content (AvgIpc) is 3.30. The molecule has 1 aliphatic heterocycles. The summed E-state index contributed by atoms with van der Waals surface area (Å²) in [4.78, 5) is 22.8. The minimum atomic E-state index is -1.19. The molecule has 4 heterocycles. The van der Waals surface area contributed by atoms with Gasteiger partial charge in [-0.1, -0.05) is 54.6 Å². The van der Waals surface area contributed by atoms with Crippen LogP contribution in [0.4, 0.5) is 4.79 Å². The van der Waals surface area contributed by atoms with Crippen molar-refractivity contribution < 1.29 is 14.6 Å². The van der Waals surface area contributed by atoms with E-state index in [1.165, 1.54) is 5.56 Å². The molecule has 1 fully saturated rings. The summed E-state index contributed by atoms with van der Waals surface area (Å²) in [5, 5.41) is 14.4. The predicted octanol–water partition coefficient (Wildman–Crippen LogP) is 5.58. The van der Waals surface area contributed by atoms with Gasteiger partial charge in [0.25, 0.3) is 0 Å². The fraction of sp³-hybridized carbons (Fsp3) is 0.241. The molecular formula is C29H27N5O3. The zero-order valence-corrected chi connectivity index (χ0v) is 20.5. The number of aromatic nitrogens is 4. The van der Waals surface area contributed by atoms with Crippen molar-refractivity contribution in [2.45, 2.75) is 32.4 Å². The van der Waals surface area contributed by atoms with Crippen LogP contribution in [-0.2, 0) is 11.3 Å². The molecule has 8 nitrogen and oxygen atoms in total. The lowest BCUT2D eigenvalue weighted by Gasteiger charge is -2.31. The number of benzene rings is 2. The minimum absolute atomic E-state index is 0.202. The number of pyridine rings is 1. The smallest absolute Gasteiger partial charge is 0.450 e. The molecule has 0 saturated carbocycles. The number of rotatable bonds is 5. The molecule has 0 amide bonds. The van der Waals surface area contributed by atoms with Crippen LogP contribution in [0, 0.1) is 6.92 Å². The van der Waals surface area contributed by atoms with E-state index in [0.29, 0.717) is 0 Å². The Balaban J connectivity index is 1.33. The lowest BCUT2D eigenvalue weighted by atomic mass is 9.97. The molecule has 186 valence electrons. The van der Waals surface area contributed by atoms with Crippen LogP contribution in [0.1, 0.15) is 24.1 Å². The first-order valence-electron chi connectivity index (χ1n) is 12.5. The van der Waals surface area contributed by atoms with Crippen molar-refractivity contribution in [3.63, 3.8) is 0 Å². The van der Waals surface area contributed by atoms with E-state index in [-0.39, 0.29) is 6.10 Å². The van der Waals surface area contributed by atoms with Crippen LogP contribution in [0.2, 0.25) is 0 Å². The second-order valence-corrected chi connectivity index (χ2v) is 9.53. The topological polar surface area (TPSA) is 92.9 Å². The third kappa shape index (κ3) is 4.75. The minimum Gasteiger partial charge on any atom is -0.450 e. The van der Waals surface area contributed by atoms with E-state index < -0.39 is 6.16 Å². The van der Waals surface area contributed by atoms with Crippen LogP contribution in [0.25, 0.3) is 39.1 Å². The van der Waals surface area contributed by atoms with Crippen LogP contribution in [0.5, 0.6) is 0 Å². The number of hydrogen-bond acceptors (Lipinski definition) is 6. The number of fused-ring (bicyclic) bond motifs is 3. The summed E-state index contributed by atoms with van der Waals surface area (Å²) in [6, 6.07) is 22.9. The zero-order chi connectivity index (χ0) is 25.4. The van der Waals surface area contributed by atoms with E-state index in [9.17, 15) is 4.79 Å². The fourth-order valence-electron chi connectivity index (χ4n) is 5.06. The highest BCUT2D eigenvalue weighted by Gasteiger charge is 2.22. The van der Waals surface area contributed by atoms with Crippen LogP contribution in [0.15, 0.2) is 72.9 Å². The SMILES string of the molecule is Cc1cc2ncc3cc(-c4ccccc4)c(-c4ccc(CN5CCC(OC(=O)O)CC5)cc4)nc3n2n1. The van der Waals surface area contributed by atoms with Crippen molar-refractivity contribution >= 4 is 22.8 Å². The summed E-state index contributed by atoms with van der Waals surface area (Å²) in [6.07, 6.45) is 1.92. The molecule has 0 bridgehead atoms. The van der Waals surface area contributed by atoms with Gasteiger partial charge in [-0.25, -0.2) is 14.8 Å². The van der Waals surface area contributed by atoms with E-state index >= 15 is 0 Å². The Kier molecular flexibility index (Phi) is 6.02. The Morgan fingerprint density at radius 1 is 1.03 bits per heavy atom. The molecule has 0 spiro atoms. The Hall–Kier alpha value is -4.30. The predicted molar refractivity (Wildman–Crippen MR) is 141 cm³/mol. The van der Waals surface area contributed by atoms with Gasteiger partial charge < -0.3 is 9.84 Å². The van der Waals surface area contributed by atoms with Gasteiger partial charge in [-0.05, 0) is 37.0 Å². The lowest BCUT2D eigenvalue weighted by molar-refractivity contribution is 0.0185. The second kappa shape index (κ2) is 9.63. The third-order valence-electron chi connectivity index (χ3n) is 6.90. The van der Waals surface area contributed by atoms with Gasteiger partial charge in [-0.3, -0.25) is 4.90 Å². The van der Waals surface area contributed by atoms with Crippen LogP contribution in [0.3, 0.4) is 0 Å². The van der Waals surface area contributed by atoms with Crippen molar-refractivity contribution in [3.8, 4) is 22.4 Å². The van der Waals surface area contributed by atoms with Crippen LogP contribution >= 0.6 is 0 Å². The molecule has 8 heteroatoms. The Bertz CT molecular complexity index is 1570. The summed E-state index contributed by atoms with van der Waals surface area (Å²) in [5.41, 5.74) is 7.75. The molecule has 3 aromatic heterocycles. The largest absolute Gasteiger partial charge is 0.506 e. The number of piperidine rings is 1. The van der Waals surface area contributed by atoms with Gasteiger partial charge in [0.15, 0.2) is 11.3 Å². The Labute approximate surface area is 214 Å². The van der Waals surface area contributed by atoms with Gasteiger partial charge >= 0.3 is 6.16 Å². The Morgan fingerprint density at radius 2 is 1.78 bits per heavy atom. The molecule has 0 radical (unpaired) electrons. The quantitative estimate of drug-likeness (QED) is 0.320. The summed E-state index contributed by atoms with van der Waals surface area (Å²) in [7, 11) is 0. The number of hydrogen-bond donors (Lipinski definition) is 1. The number of carbonyl (C=O) groups is 1. The fourth-order valence-corrected chi connectivity index (χ4v) is 5.06. The number of likely N-dealkylation sites (tertiary alicyclic amines) is 1. The van der Waals surface area contributed by atoms with Crippen molar-refractivity contribution in [2.24, 2.45) is 0 Å². The summed E-state index contributed by atoms with van der Waals surface area (Å²) in [5.74, 6) is 0. The highest BCUT2D eigenvalue weighted by Crippen LogP contribution is 2.33. The first-order valence-corrected chi connectivity index (χ1v) is 12.5. The maximum absolute atomic E-state index is 10.8. The van der Waals surface area contributed by atoms with Crippen LogP contribution < -0.4 is 0 Å². The van der Waals surface area contributed by atoms with Gasteiger partial charge in [0.1, 0.15) is 6.10 Å². The van der Waals surface area contributed by atoms with Crippen molar-refractivity contribution in [2.75, 3.05) is 13.1 Å². The third-order valence-corrected chi connectivity index (χ3v) is 6.90. The molecule has 1 aliphatic rings. The standard InChI is InChI=1S/C29H27N5O3/c1-19-15-26-30-17-23-16-25(21-5-3-2-4-6-21)27(31-28(23)34(26)32-19)22-9-7-20(8-10-22)18-33-13-11-24(12-14-33)37-29(35)36/h2-10,15-17,24H,11-14,18H2,1H3,(H,35,36). The summed E-state index contributed by atoms with van der Waals surface area (Å²) in [6.45, 7) is 4.41. The Morgan fingerprint density at radius 3 is 2.51 bits per heavy atom. The van der Waals surface area contributed by atoms with E-state index in [0.717, 1.165) is 77.2 Å². The highest BCUT2D eigenvalue weighted by atomic mass is 16.7. The number of nitrogens with zero attached hydrogens (tertiary/aromatic N) is 5. The molecule has 0 unspecified atom stereocenters. The summed E-state index contributed by atoms with van der Waals surface area (Å²) >= 11 is 0. The number of aryl methyl sites for hydroxylation is 1. The van der Waals surface area contributed by atoms with Crippen LogP contribution in [-0.4, -0.2) is 54.9 Å². The lowest BCUT2D eigenvalue weighted by Crippen LogP contribution is -2.37. The number of carboxylic acid groups (broad SMARTS) is 1. The molecule has 1 N–H and O–H groups in total. The maximum atomic E-state index is 10.8. The molecule has 1 saturated heterocycles. The average molecular weight is 494 g/mol. The van der Waals surface area contributed by atoms with E-state index in [2.05, 4.69) is 57.4 Å². The van der Waals surface area contributed by atoms with Crippen molar-refractivity contribution in [1.82, 2.24) is 24.5 Å². The second-order valence-electron chi connectivity index (χ2n) is 9.53. The van der Waals surface area contributed by atoms with E-state index in [4.69, 9.17) is 14.8 Å². The highest BCUT2D eigenvalue weighted by molar-refractivity contribution is 5.90. The van der Waals surface area contributed by atoms with Crippen molar-refractivity contribution in [1.29, 1.82) is 0 Å². The molecule has 37 heavy (non-hydrogen) atoms. The van der Waals surface area contributed by atoms with Crippen molar-refractivity contribution in [3.05, 3.63) is 84.2 Å². The van der Waals surface area contributed by atoms with Gasteiger partial charge in [0.2, 0.25) is 0 Å². The monoisotopic (exact) mass is 493 g/mol. The molecule has 0 atom stereocenters. The first-order chi connectivity index (χ1) is 18.0. The molecular weight excluding hydrogens is 466 g/mol. The van der Waals surface area contributed by atoms with Gasteiger partial charge in [-0.2, -0.15) is 9.61 Å². The molecule has 5 aromatic rings. The number of ether oxygens (including phenoxy) is 1. The van der Waals surface area contributed by atoms with Gasteiger partial charge in [-0.15, -0.1) is 0 Å². The maximum Gasteiger partial charge on any atom is 0.506 e. The molecule has 2 aromatic carbocycles. The molecule has 0 aliphatic carbocycles. The van der Waals surface area contributed by atoms with E-state index in [1.54, 1.807) is 0 Å². The zero-order valence-electron chi connectivity index (χ0n) is 20.5. The molecule has 6 rings (SSSR count).